The van der Waals surface area contributed by atoms with E-state index in [0.717, 1.165) is 18.4 Å². The van der Waals surface area contributed by atoms with E-state index in [1.807, 2.05) is 4.90 Å². The summed E-state index contributed by atoms with van der Waals surface area (Å²) in [5.41, 5.74) is 0. The van der Waals surface area contributed by atoms with E-state index >= 15 is 0 Å². The van der Waals surface area contributed by atoms with Gasteiger partial charge in [-0.1, -0.05) is 6.42 Å². The quantitative estimate of drug-likeness (QED) is 0.513. The second-order valence-electron chi connectivity index (χ2n) is 5.45. The zero-order chi connectivity index (χ0) is 11.1. The summed E-state index contributed by atoms with van der Waals surface area (Å²) in [5, 5.41) is 0. The zero-order valence-corrected chi connectivity index (χ0v) is 9.35. The molecule has 16 heavy (non-hydrogen) atoms. The van der Waals surface area contributed by atoms with Crippen LogP contribution in [0.15, 0.2) is 0 Å². The molecule has 0 aromatic carbocycles. The van der Waals surface area contributed by atoms with Gasteiger partial charge in [0.05, 0.1) is 13.1 Å². The molecule has 0 aromatic rings. The fraction of sp³-hybridized carbons (Fsp3) is 0.833. The van der Waals surface area contributed by atoms with Crippen molar-refractivity contribution in [3.63, 3.8) is 0 Å². The summed E-state index contributed by atoms with van der Waals surface area (Å²) < 4.78 is 4.52. The van der Waals surface area contributed by atoms with E-state index in [1.165, 1.54) is 25.7 Å². The van der Waals surface area contributed by atoms with Gasteiger partial charge in [0.2, 0.25) is 0 Å². The molecule has 2 aliphatic carbocycles. The van der Waals surface area contributed by atoms with Crippen LogP contribution in [0.25, 0.3) is 0 Å². The number of esters is 2. The molecule has 3 fully saturated rings. The molecule has 0 N–H and O–H groups in total. The molecule has 2 saturated carbocycles. The molecule has 2 bridgehead atoms. The van der Waals surface area contributed by atoms with E-state index in [0.29, 0.717) is 19.0 Å². The SMILES string of the molecule is O=C1CN(CC2CC3CCC2C3)CC(=O)O1. The van der Waals surface area contributed by atoms with E-state index in [9.17, 15) is 9.59 Å². The highest BCUT2D eigenvalue weighted by atomic mass is 16.6. The predicted molar refractivity (Wildman–Crippen MR) is 56.5 cm³/mol. The van der Waals surface area contributed by atoms with Gasteiger partial charge in [0.15, 0.2) is 0 Å². The van der Waals surface area contributed by atoms with Crippen LogP contribution in [0.1, 0.15) is 25.7 Å². The molecule has 3 aliphatic rings. The van der Waals surface area contributed by atoms with E-state index in [2.05, 4.69) is 4.74 Å². The van der Waals surface area contributed by atoms with Gasteiger partial charge in [0.25, 0.3) is 0 Å². The van der Waals surface area contributed by atoms with Crippen molar-refractivity contribution in [2.75, 3.05) is 19.6 Å². The molecule has 4 heteroatoms. The molecule has 1 aliphatic heterocycles. The lowest BCUT2D eigenvalue weighted by atomic mass is 9.88. The normalized spacial score (nSPS) is 39.1. The van der Waals surface area contributed by atoms with Crippen LogP contribution in [0.2, 0.25) is 0 Å². The van der Waals surface area contributed by atoms with Crippen LogP contribution in [0, 0.1) is 17.8 Å². The minimum absolute atomic E-state index is 0.291. The molecule has 1 heterocycles. The molecule has 0 aromatic heterocycles. The smallest absolute Gasteiger partial charge is 0.327 e. The molecule has 0 amide bonds. The van der Waals surface area contributed by atoms with Crippen molar-refractivity contribution in [2.24, 2.45) is 17.8 Å². The average Bonchev–Trinajstić information content (AvgIpc) is 2.77. The Kier molecular flexibility index (Phi) is 2.46. The first-order valence-corrected chi connectivity index (χ1v) is 6.16. The van der Waals surface area contributed by atoms with Crippen LogP contribution in [-0.2, 0) is 14.3 Å². The van der Waals surface area contributed by atoms with Gasteiger partial charge in [0, 0.05) is 6.54 Å². The summed E-state index contributed by atoms with van der Waals surface area (Å²) in [6.07, 6.45) is 5.41. The number of fused-ring (bicyclic) bond motifs is 2. The van der Waals surface area contributed by atoms with E-state index < -0.39 is 0 Å². The van der Waals surface area contributed by atoms with Crippen LogP contribution in [-0.4, -0.2) is 36.5 Å². The fourth-order valence-electron chi connectivity index (χ4n) is 3.67. The second kappa shape index (κ2) is 3.84. The van der Waals surface area contributed by atoms with Crippen LogP contribution in [0.5, 0.6) is 0 Å². The highest BCUT2D eigenvalue weighted by Crippen LogP contribution is 2.48. The highest BCUT2D eigenvalue weighted by Gasteiger charge is 2.40. The Bertz CT molecular complexity index is 312. The van der Waals surface area contributed by atoms with Crippen molar-refractivity contribution in [2.45, 2.75) is 25.7 Å². The summed E-state index contributed by atoms with van der Waals surface area (Å²) in [6, 6.07) is 0. The van der Waals surface area contributed by atoms with E-state index in [1.54, 1.807) is 0 Å². The molecule has 88 valence electrons. The first-order chi connectivity index (χ1) is 7.70. The first kappa shape index (κ1) is 10.3. The van der Waals surface area contributed by atoms with E-state index in [-0.39, 0.29) is 11.9 Å². The zero-order valence-electron chi connectivity index (χ0n) is 9.35. The van der Waals surface area contributed by atoms with Crippen molar-refractivity contribution in [3.8, 4) is 0 Å². The number of cyclic esters (lactones) is 2. The van der Waals surface area contributed by atoms with Crippen molar-refractivity contribution in [3.05, 3.63) is 0 Å². The van der Waals surface area contributed by atoms with Crippen LogP contribution in [0.3, 0.4) is 0 Å². The Balaban J connectivity index is 1.58. The molecular weight excluding hydrogens is 206 g/mol. The van der Waals surface area contributed by atoms with Gasteiger partial charge in [-0.15, -0.1) is 0 Å². The van der Waals surface area contributed by atoms with Gasteiger partial charge in [-0.25, -0.2) is 0 Å². The first-order valence-electron chi connectivity index (χ1n) is 6.16. The summed E-state index contributed by atoms with van der Waals surface area (Å²) in [4.78, 5) is 24.2. The third-order valence-electron chi connectivity index (χ3n) is 4.31. The van der Waals surface area contributed by atoms with E-state index in [4.69, 9.17) is 0 Å². The minimum Gasteiger partial charge on any atom is -0.391 e. The second-order valence-corrected chi connectivity index (χ2v) is 5.45. The molecule has 3 atom stereocenters. The van der Waals surface area contributed by atoms with Crippen molar-refractivity contribution in [1.29, 1.82) is 0 Å². The number of nitrogens with zero attached hydrogens (tertiary/aromatic N) is 1. The van der Waals surface area contributed by atoms with Crippen molar-refractivity contribution >= 4 is 11.9 Å². The lowest BCUT2D eigenvalue weighted by Crippen LogP contribution is -2.45. The van der Waals surface area contributed by atoms with Crippen molar-refractivity contribution in [1.82, 2.24) is 4.90 Å². The maximum Gasteiger partial charge on any atom is 0.327 e. The number of hydrogen-bond acceptors (Lipinski definition) is 4. The molecular formula is C12H17NO3. The number of hydrogen-bond donors (Lipinski definition) is 0. The molecule has 0 spiro atoms. The molecule has 1 saturated heterocycles. The third kappa shape index (κ3) is 1.86. The standard InChI is InChI=1S/C12H17NO3/c14-11-6-13(7-12(15)16-11)5-10-4-8-1-2-9(10)3-8/h8-10H,1-7H2. The molecule has 4 nitrogen and oxygen atoms in total. The fourth-order valence-corrected chi connectivity index (χ4v) is 3.67. The number of carbonyl (C=O) groups excluding carboxylic acids is 2. The lowest BCUT2D eigenvalue weighted by Gasteiger charge is -2.30. The Morgan fingerprint density at radius 1 is 1.12 bits per heavy atom. The van der Waals surface area contributed by atoms with Gasteiger partial charge >= 0.3 is 11.9 Å². The monoisotopic (exact) mass is 223 g/mol. The van der Waals surface area contributed by atoms with Gasteiger partial charge in [-0.2, -0.15) is 0 Å². The largest absolute Gasteiger partial charge is 0.391 e. The molecule has 3 rings (SSSR count). The Morgan fingerprint density at radius 3 is 2.44 bits per heavy atom. The highest BCUT2D eigenvalue weighted by molar-refractivity contribution is 5.90. The number of carbonyl (C=O) groups is 2. The summed E-state index contributed by atoms with van der Waals surface area (Å²) in [6.45, 7) is 1.49. The molecule has 3 unspecified atom stereocenters. The Labute approximate surface area is 94.9 Å². The maximum absolute atomic E-state index is 11.1. The lowest BCUT2D eigenvalue weighted by molar-refractivity contribution is -0.167. The summed E-state index contributed by atoms with van der Waals surface area (Å²) in [7, 11) is 0. The minimum atomic E-state index is -0.389. The third-order valence-corrected chi connectivity index (χ3v) is 4.31. The van der Waals surface area contributed by atoms with Crippen molar-refractivity contribution < 1.29 is 14.3 Å². The number of morpholine rings is 1. The number of ether oxygens (including phenoxy) is 1. The topological polar surface area (TPSA) is 46.6 Å². The Hall–Kier alpha value is -0.900. The average molecular weight is 223 g/mol. The Morgan fingerprint density at radius 2 is 1.88 bits per heavy atom. The maximum atomic E-state index is 11.1. The summed E-state index contributed by atoms with van der Waals surface area (Å²) in [5.74, 6) is 1.69. The van der Waals surface area contributed by atoms with Crippen LogP contribution < -0.4 is 0 Å². The molecule has 0 radical (unpaired) electrons. The summed E-state index contributed by atoms with van der Waals surface area (Å²) >= 11 is 0. The van der Waals surface area contributed by atoms with Gasteiger partial charge < -0.3 is 4.74 Å². The predicted octanol–water partition coefficient (Wildman–Crippen LogP) is 0.808. The van der Waals surface area contributed by atoms with Gasteiger partial charge in [-0.3, -0.25) is 14.5 Å². The van der Waals surface area contributed by atoms with Crippen LogP contribution >= 0.6 is 0 Å². The number of rotatable bonds is 2. The van der Waals surface area contributed by atoms with Crippen LogP contribution in [0.4, 0.5) is 0 Å². The van der Waals surface area contributed by atoms with Gasteiger partial charge in [-0.05, 0) is 37.0 Å². The van der Waals surface area contributed by atoms with Gasteiger partial charge in [0.1, 0.15) is 0 Å².